The zero-order chi connectivity index (χ0) is 17.5. The third-order valence-corrected chi connectivity index (χ3v) is 4.37. The maximum Gasteiger partial charge on any atom is 0.232 e. The van der Waals surface area contributed by atoms with Crippen molar-refractivity contribution in [3.8, 4) is 11.6 Å². The molecule has 2 aromatic rings. The van der Waals surface area contributed by atoms with Gasteiger partial charge in [-0.15, -0.1) is 0 Å². The van der Waals surface area contributed by atoms with Gasteiger partial charge in [-0.3, -0.25) is 9.78 Å². The summed E-state index contributed by atoms with van der Waals surface area (Å²) in [5.74, 6) is 1.38. The Bertz CT molecular complexity index is 685. The minimum Gasteiger partial charge on any atom is -0.497 e. The van der Waals surface area contributed by atoms with Crippen LogP contribution in [-0.4, -0.2) is 35.1 Å². The second kappa shape index (κ2) is 8.46. The van der Waals surface area contributed by atoms with Crippen molar-refractivity contribution in [1.29, 1.82) is 0 Å². The highest BCUT2D eigenvalue weighted by molar-refractivity contribution is 5.79. The third kappa shape index (κ3) is 5.17. The molecule has 1 aromatic heterocycles. The van der Waals surface area contributed by atoms with Crippen LogP contribution in [0.2, 0.25) is 0 Å². The van der Waals surface area contributed by atoms with Gasteiger partial charge in [-0.2, -0.15) is 0 Å². The normalized spacial score (nSPS) is 19.9. The van der Waals surface area contributed by atoms with Gasteiger partial charge in [0.2, 0.25) is 11.8 Å². The number of nitrogens with zero attached hydrogens (tertiary/aromatic N) is 2. The first kappa shape index (κ1) is 17.2. The molecule has 1 aliphatic carbocycles. The van der Waals surface area contributed by atoms with E-state index in [1.54, 1.807) is 25.7 Å². The van der Waals surface area contributed by atoms with E-state index in [1.807, 2.05) is 24.3 Å². The van der Waals surface area contributed by atoms with Gasteiger partial charge in [-0.25, -0.2) is 4.98 Å². The average molecular weight is 341 g/mol. The van der Waals surface area contributed by atoms with Crippen molar-refractivity contribution in [2.75, 3.05) is 7.11 Å². The van der Waals surface area contributed by atoms with E-state index in [0.717, 1.165) is 37.0 Å². The topological polar surface area (TPSA) is 73.3 Å². The van der Waals surface area contributed by atoms with Gasteiger partial charge in [0.1, 0.15) is 11.9 Å². The molecule has 6 heteroatoms. The van der Waals surface area contributed by atoms with Gasteiger partial charge in [-0.1, -0.05) is 12.1 Å². The number of amides is 1. The number of rotatable bonds is 6. The van der Waals surface area contributed by atoms with Crippen molar-refractivity contribution < 1.29 is 14.3 Å². The molecule has 0 unspecified atom stereocenters. The van der Waals surface area contributed by atoms with E-state index in [1.165, 1.54) is 0 Å². The largest absolute Gasteiger partial charge is 0.497 e. The number of hydrogen-bond acceptors (Lipinski definition) is 5. The standard InChI is InChI=1S/C19H23N3O3/c1-24-17-4-2-3-14(11-17)12-18(23)22-15-5-7-16(8-6-15)25-19-13-20-9-10-21-19/h2-4,9-11,13,15-16H,5-8,12H2,1H3,(H,22,23). The maximum atomic E-state index is 12.3. The summed E-state index contributed by atoms with van der Waals surface area (Å²) in [6, 6.07) is 7.81. The Hall–Kier alpha value is -2.63. The number of benzene rings is 1. The lowest BCUT2D eigenvalue weighted by molar-refractivity contribution is -0.121. The van der Waals surface area contributed by atoms with E-state index in [4.69, 9.17) is 9.47 Å². The van der Waals surface area contributed by atoms with Crippen LogP contribution in [0.15, 0.2) is 42.9 Å². The number of ether oxygens (including phenoxy) is 2. The van der Waals surface area contributed by atoms with Crippen LogP contribution in [-0.2, 0) is 11.2 Å². The van der Waals surface area contributed by atoms with Crippen LogP contribution in [0.25, 0.3) is 0 Å². The highest BCUT2D eigenvalue weighted by Gasteiger charge is 2.24. The summed E-state index contributed by atoms with van der Waals surface area (Å²) in [6.07, 6.45) is 9.02. The molecule has 6 nitrogen and oxygen atoms in total. The fourth-order valence-electron chi connectivity index (χ4n) is 3.09. The van der Waals surface area contributed by atoms with E-state index >= 15 is 0 Å². The Labute approximate surface area is 147 Å². The average Bonchev–Trinajstić information content (AvgIpc) is 2.64. The molecule has 25 heavy (non-hydrogen) atoms. The predicted octanol–water partition coefficient (Wildman–Crippen LogP) is 2.53. The lowest BCUT2D eigenvalue weighted by Gasteiger charge is -2.29. The second-order valence-corrected chi connectivity index (χ2v) is 6.23. The molecule has 132 valence electrons. The zero-order valence-electron chi connectivity index (χ0n) is 14.4. The zero-order valence-corrected chi connectivity index (χ0v) is 14.4. The van der Waals surface area contributed by atoms with E-state index < -0.39 is 0 Å². The molecule has 0 bridgehead atoms. The fraction of sp³-hybridized carbons (Fsp3) is 0.421. The van der Waals surface area contributed by atoms with Crippen LogP contribution in [0, 0.1) is 0 Å². The van der Waals surface area contributed by atoms with Crippen molar-refractivity contribution in [3.63, 3.8) is 0 Å². The van der Waals surface area contributed by atoms with E-state index in [9.17, 15) is 4.79 Å². The maximum absolute atomic E-state index is 12.3. The first-order valence-corrected chi connectivity index (χ1v) is 8.58. The van der Waals surface area contributed by atoms with Gasteiger partial charge < -0.3 is 14.8 Å². The van der Waals surface area contributed by atoms with Crippen molar-refractivity contribution >= 4 is 5.91 Å². The highest BCUT2D eigenvalue weighted by Crippen LogP contribution is 2.22. The van der Waals surface area contributed by atoms with Crippen LogP contribution in [0.3, 0.4) is 0 Å². The Kier molecular flexibility index (Phi) is 5.82. The predicted molar refractivity (Wildman–Crippen MR) is 93.5 cm³/mol. The number of nitrogens with one attached hydrogen (secondary N) is 1. The van der Waals surface area contributed by atoms with Crippen molar-refractivity contribution in [1.82, 2.24) is 15.3 Å². The summed E-state index contributed by atoms with van der Waals surface area (Å²) in [4.78, 5) is 20.4. The molecule has 0 aliphatic heterocycles. The smallest absolute Gasteiger partial charge is 0.232 e. The number of carbonyl (C=O) groups excluding carboxylic acids is 1. The summed E-state index contributed by atoms with van der Waals surface area (Å²) in [5.41, 5.74) is 0.955. The molecule has 1 aliphatic rings. The SMILES string of the molecule is COc1cccc(CC(=O)NC2CCC(Oc3cnccn3)CC2)c1. The second-order valence-electron chi connectivity index (χ2n) is 6.23. The van der Waals surface area contributed by atoms with E-state index in [0.29, 0.717) is 12.3 Å². The van der Waals surface area contributed by atoms with Crippen LogP contribution in [0.1, 0.15) is 31.2 Å². The Balaban J connectivity index is 1.43. The number of carbonyl (C=O) groups is 1. The van der Waals surface area contributed by atoms with Crippen molar-refractivity contribution in [2.45, 2.75) is 44.2 Å². The van der Waals surface area contributed by atoms with Gasteiger partial charge in [0.05, 0.1) is 19.7 Å². The van der Waals surface area contributed by atoms with Gasteiger partial charge in [0.15, 0.2) is 0 Å². The van der Waals surface area contributed by atoms with Crippen molar-refractivity contribution in [3.05, 3.63) is 48.4 Å². The molecular formula is C19H23N3O3. The molecular weight excluding hydrogens is 318 g/mol. The van der Waals surface area contributed by atoms with Crippen molar-refractivity contribution in [2.24, 2.45) is 0 Å². The highest BCUT2D eigenvalue weighted by atomic mass is 16.5. The number of methoxy groups -OCH3 is 1. The molecule has 1 N–H and O–H groups in total. The molecule has 1 heterocycles. The number of aromatic nitrogens is 2. The summed E-state index contributed by atoms with van der Waals surface area (Å²) in [6.45, 7) is 0. The first-order chi connectivity index (χ1) is 12.2. The summed E-state index contributed by atoms with van der Waals surface area (Å²) >= 11 is 0. The fourth-order valence-corrected chi connectivity index (χ4v) is 3.09. The summed E-state index contributed by atoms with van der Waals surface area (Å²) < 4.78 is 11.0. The van der Waals surface area contributed by atoms with Gasteiger partial charge in [0.25, 0.3) is 0 Å². The quantitative estimate of drug-likeness (QED) is 0.874. The third-order valence-electron chi connectivity index (χ3n) is 4.37. The van der Waals surface area contributed by atoms with Gasteiger partial charge >= 0.3 is 0 Å². The molecule has 1 aromatic carbocycles. The van der Waals surface area contributed by atoms with E-state index in [2.05, 4.69) is 15.3 Å². The molecule has 1 saturated carbocycles. The molecule has 3 rings (SSSR count). The molecule has 1 amide bonds. The molecule has 0 spiro atoms. The summed E-state index contributed by atoms with van der Waals surface area (Å²) in [5, 5.41) is 3.13. The van der Waals surface area contributed by atoms with Crippen LogP contribution < -0.4 is 14.8 Å². The van der Waals surface area contributed by atoms with Crippen LogP contribution >= 0.6 is 0 Å². The monoisotopic (exact) mass is 341 g/mol. The minimum absolute atomic E-state index is 0.0477. The van der Waals surface area contributed by atoms with Crippen LogP contribution in [0.4, 0.5) is 0 Å². The van der Waals surface area contributed by atoms with Gasteiger partial charge in [0, 0.05) is 18.4 Å². The molecule has 0 saturated heterocycles. The van der Waals surface area contributed by atoms with E-state index in [-0.39, 0.29) is 18.1 Å². The lowest BCUT2D eigenvalue weighted by Crippen LogP contribution is -2.40. The minimum atomic E-state index is 0.0477. The summed E-state index contributed by atoms with van der Waals surface area (Å²) in [7, 11) is 1.63. The van der Waals surface area contributed by atoms with Gasteiger partial charge in [-0.05, 0) is 43.4 Å². The molecule has 1 fully saturated rings. The number of hydrogen-bond donors (Lipinski definition) is 1. The molecule has 0 radical (unpaired) electrons. The van der Waals surface area contributed by atoms with Crippen LogP contribution in [0.5, 0.6) is 11.6 Å². The first-order valence-electron chi connectivity index (χ1n) is 8.58. The Morgan fingerprint density at radius 2 is 2.08 bits per heavy atom. The Morgan fingerprint density at radius 3 is 2.80 bits per heavy atom. The lowest BCUT2D eigenvalue weighted by atomic mass is 9.92. The molecule has 0 atom stereocenters. The Morgan fingerprint density at radius 1 is 1.24 bits per heavy atom.